The summed E-state index contributed by atoms with van der Waals surface area (Å²) in [5.74, 6) is 0. The molecule has 4 rings (SSSR count). The maximum Gasteiger partial charge on any atom is -0.00172 e. The minimum atomic E-state index is 1.14. The third-order valence-electron chi connectivity index (χ3n) is 4.61. The molecule has 90 valence electrons. The maximum atomic E-state index is 2.39. The van der Waals surface area contributed by atoms with Crippen LogP contribution in [0, 0.1) is 0 Å². The van der Waals surface area contributed by atoms with Gasteiger partial charge in [0.2, 0.25) is 0 Å². The Morgan fingerprint density at radius 1 is 0.556 bits per heavy atom. The second-order valence-electron chi connectivity index (χ2n) is 5.67. The molecule has 2 aliphatic carbocycles. The van der Waals surface area contributed by atoms with E-state index in [1.807, 2.05) is 0 Å². The Kier molecular flexibility index (Phi) is 2.29. The predicted molar refractivity (Wildman–Crippen MR) is 75.1 cm³/mol. The van der Waals surface area contributed by atoms with Crippen molar-refractivity contribution < 1.29 is 0 Å². The van der Waals surface area contributed by atoms with Crippen LogP contribution in [0.2, 0.25) is 0 Å². The number of hydrogen-bond acceptors (Lipinski definition) is 0. The largest absolute Gasteiger partial charge is 0.0620 e. The molecule has 0 aromatic heterocycles. The molecule has 2 aromatic rings. The molecule has 0 atom stereocenters. The standard InChI is InChI=1S/C18H18/c1-2-7-15-12-18-16(11-14(15)6-1)10-9-13-5-3-4-8-17(13)18/h1-2,6-7,9-10H,3-5,8,11-12H2. The van der Waals surface area contributed by atoms with E-state index in [0.717, 1.165) is 12.8 Å². The van der Waals surface area contributed by atoms with E-state index in [4.69, 9.17) is 0 Å². The highest BCUT2D eigenvalue weighted by Gasteiger charge is 2.21. The molecule has 0 amide bonds. The summed E-state index contributed by atoms with van der Waals surface area (Å²) < 4.78 is 0. The van der Waals surface area contributed by atoms with Gasteiger partial charge in [-0.2, -0.15) is 0 Å². The summed E-state index contributed by atoms with van der Waals surface area (Å²) in [7, 11) is 0. The molecule has 0 saturated heterocycles. The van der Waals surface area contributed by atoms with Gasteiger partial charge >= 0.3 is 0 Å². The van der Waals surface area contributed by atoms with Crippen molar-refractivity contribution in [2.45, 2.75) is 38.5 Å². The predicted octanol–water partition coefficient (Wildman–Crippen LogP) is 4.06. The van der Waals surface area contributed by atoms with Gasteiger partial charge in [0.25, 0.3) is 0 Å². The smallest absolute Gasteiger partial charge is 0.00172 e. The van der Waals surface area contributed by atoms with Gasteiger partial charge in [-0.1, -0.05) is 36.4 Å². The Labute approximate surface area is 109 Å². The molecule has 18 heavy (non-hydrogen) atoms. The third kappa shape index (κ3) is 1.52. The third-order valence-corrected chi connectivity index (χ3v) is 4.61. The molecule has 0 bridgehead atoms. The molecule has 2 aliphatic rings. The normalized spacial score (nSPS) is 16.7. The van der Waals surface area contributed by atoms with Gasteiger partial charge < -0.3 is 0 Å². The summed E-state index contributed by atoms with van der Waals surface area (Å²) in [5, 5.41) is 0. The molecule has 0 spiro atoms. The Hall–Kier alpha value is -1.56. The molecule has 2 aromatic carbocycles. The SMILES string of the molecule is c1ccc2c(c1)Cc1ccc3c(c1C2)CCCC3. The van der Waals surface area contributed by atoms with Crippen LogP contribution < -0.4 is 0 Å². The fourth-order valence-corrected chi connectivity index (χ4v) is 3.64. The lowest BCUT2D eigenvalue weighted by Gasteiger charge is -2.26. The molecular weight excluding hydrogens is 216 g/mol. The molecule has 0 heteroatoms. The van der Waals surface area contributed by atoms with Gasteiger partial charge in [-0.25, -0.2) is 0 Å². The van der Waals surface area contributed by atoms with Crippen molar-refractivity contribution in [1.29, 1.82) is 0 Å². The zero-order valence-corrected chi connectivity index (χ0v) is 10.7. The van der Waals surface area contributed by atoms with Gasteiger partial charge in [0.15, 0.2) is 0 Å². The molecular formula is C18H18. The van der Waals surface area contributed by atoms with E-state index in [0.29, 0.717) is 0 Å². The Bertz CT molecular complexity index is 607. The van der Waals surface area contributed by atoms with Gasteiger partial charge in [0, 0.05) is 0 Å². The lowest BCUT2D eigenvalue weighted by molar-refractivity contribution is 0.676. The summed E-state index contributed by atoms with van der Waals surface area (Å²) in [6.45, 7) is 0. The quantitative estimate of drug-likeness (QED) is 0.550. The van der Waals surface area contributed by atoms with E-state index in [9.17, 15) is 0 Å². The van der Waals surface area contributed by atoms with Gasteiger partial charge in [-0.3, -0.25) is 0 Å². The fraction of sp³-hybridized carbons (Fsp3) is 0.333. The van der Waals surface area contributed by atoms with Crippen LogP contribution in [0.15, 0.2) is 36.4 Å². The fourth-order valence-electron chi connectivity index (χ4n) is 3.64. The van der Waals surface area contributed by atoms with Crippen molar-refractivity contribution in [2.75, 3.05) is 0 Å². The maximum absolute atomic E-state index is 2.39. The molecule has 0 heterocycles. The van der Waals surface area contributed by atoms with Crippen molar-refractivity contribution >= 4 is 0 Å². The van der Waals surface area contributed by atoms with Gasteiger partial charge in [-0.05, 0) is 71.9 Å². The van der Waals surface area contributed by atoms with Crippen LogP contribution in [0.5, 0.6) is 0 Å². The second-order valence-corrected chi connectivity index (χ2v) is 5.67. The molecule has 0 radical (unpaired) electrons. The molecule has 0 aliphatic heterocycles. The Morgan fingerprint density at radius 3 is 2.17 bits per heavy atom. The van der Waals surface area contributed by atoms with E-state index in [-0.39, 0.29) is 0 Å². The van der Waals surface area contributed by atoms with Crippen molar-refractivity contribution in [3.05, 3.63) is 69.8 Å². The summed E-state index contributed by atoms with van der Waals surface area (Å²) >= 11 is 0. The second kappa shape index (κ2) is 3.98. The highest BCUT2D eigenvalue weighted by molar-refractivity contribution is 5.51. The van der Waals surface area contributed by atoms with Crippen LogP contribution in [0.3, 0.4) is 0 Å². The summed E-state index contributed by atoms with van der Waals surface area (Å²) in [6, 6.07) is 13.7. The first-order valence-corrected chi connectivity index (χ1v) is 7.11. The van der Waals surface area contributed by atoms with E-state index in [1.54, 1.807) is 27.8 Å². The zero-order chi connectivity index (χ0) is 11.9. The summed E-state index contributed by atoms with van der Waals surface area (Å²) in [6.07, 6.45) is 7.66. The summed E-state index contributed by atoms with van der Waals surface area (Å²) in [4.78, 5) is 0. The highest BCUT2D eigenvalue weighted by atomic mass is 14.3. The molecule has 0 nitrogen and oxygen atoms in total. The van der Waals surface area contributed by atoms with E-state index in [1.165, 1.54) is 31.2 Å². The van der Waals surface area contributed by atoms with Crippen molar-refractivity contribution in [3.8, 4) is 0 Å². The van der Waals surface area contributed by atoms with Crippen molar-refractivity contribution in [1.82, 2.24) is 0 Å². The van der Waals surface area contributed by atoms with Crippen LogP contribution in [0.1, 0.15) is 46.2 Å². The summed E-state index contributed by atoms with van der Waals surface area (Å²) in [5.41, 5.74) is 9.62. The van der Waals surface area contributed by atoms with Crippen LogP contribution >= 0.6 is 0 Å². The van der Waals surface area contributed by atoms with Crippen molar-refractivity contribution in [2.24, 2.45) is 0 Å². The van der Waals surface area contributed by atoms with E-state index >= 15 is 0 Å². The number of hydrogen-bond donors (Lipinski definition) is 0. The lowest BCUT2D eigenvalue weighted by atomic mass is 9.78. The average Bonchev–Trinajstić information content (AvgIpc) is 2.45. The highest BCUT2D eigenvalue weighted by Crippen LogP contribution is 2.34. The number of fused-ring (bicyclic) bond motifs is 4. The molecule has 0 saturated carbocycles. The van der Waals surface area contributed by atoms with Crippen LogP contribution in [0.25, 0.3) is 0 Å². The first kappa shape index (κ1) is 10.4. The van der Waals surface area contributed by atoms with Gasteiger partial charge in [-0.15, -0.1) is 0 Å². The van der Waals surface area contributed by atoms with E-state index in [2.05, 4.69) is 36.4 Å². The monoisotopic (exact) mass is 234 g/mol. The van der Waals surface area contributed by atoms with Crippen molar-refractivity contribution in [3.63, 3.8) is 0 Å². The molecule has 0 N–H and O–H groups in total. The molecule has 0 unspecified atom stereocenters. The topological polar surface area (TPSA) is 0 Å². The Balaban J connectivity index is 1.86. The minimum Gasteiger partial charge on any atom is -0.0620 e. The number of rotatable bonds is 0. The minimum absolute atomic E-state index is 1.14. The number of aryl methyl sites for hydroxylation is 1. The van der Waals surface area contributed by atoms with Crippen LogP contribution in [-0.4, -0.2) is 0 Å². The average molecular weight is 234 g/mol. The lowest BCUT2D eigenvalue weighted by Crippen LogP contribution is -2.14. The van der Waals surface area contributed by atoms with E-state index < -0.39 is 0 Å². The van der Waals surface area contributed by atoms with Crippen LogP contribution in [-0.2, 0) is 25.7 Å². The van der Waals surface area contributed by atoms with Gasteiger partial charge in [0.05, 0.1) is 0 Å². The Morgan fingerprint density at radius 2 is 1.28 bits per heavy atom. The first-order chi connectivity index (χ1) is 8.92. The van der Waals surface area contributed by atoms with Crippen LogP contribution in [0.4, 0.5) is 0 Å². The zero-order valence-electron chi connectivity index (χ0n) is 10.7. The number of benzene rings is 2. The molecule has 0 fully saturated rings. The van der Waals surface area contributed by atoms with Gasteiger partial charge in [0.1, 0.15) is 0 Å². The first-order valence-electron chi connectivity index (χ1n) is 7.11.